The second-order valence-electron chi connectivity index (χ2n) is 8.42. The third-order valence-corrected chi connectivity index (χ3v) is 6.22. The van der Waals surface area contributed by atoms with E-state index in [4.69, 9.17) is 0 Å². The van der Waals surface area contributed by atoms with Gasteiger partial charge in [-0.05, 0) is 69.8 Å². The SMILES string of the molecule is C=Cc1ccc(-c2ccc(N(c3ccccc3)c3ccc(-c4ccc(C=C)cc4)cc3)cc2)cc1. The fraction of sp³-hybridized carbons (Fsp3) is 0. The Balaban J connectivity index is 1.48. The van der Waals surface area contributed by atoms with Crippen molar-refractivity contribution in [1.82, 2.24) is 0 Å². The van der Waals surface area contributed by atoms with Crippen molar-refractivity contribution in [3.63, 3.8) is 0 Å². The van der Waals surface area contributed by atoms with Crippen LogP contribution in [0.5, 0.6) is 0 Å². The van der Waals surface area contributed by atoms with Gasteiger partial charge in [0.2, 0.25) is 0 Å². The van der Waals surface area contributed by atoms with Crippen LogP contribution in [0.2, 0.25) is 0 Å². The van der Waals surface area contributed by atoms with Crippen molar-refractivity contribution < 1.29 is 0 Å². The van der Waals surface area contributed by atoms with E-state index in [1.165, 1.54) is 22.3 Å². The molecule has 35 heavy (non-hydrogen) atoms. The van der Waals surface area contributed by atoms with Crippen molar-refractivity contribution in [3.8, 4) is 22.3 Å². The molecule has 0 aliphatic heterocycles. The van der Waals surface area contributed by atoms with Gasteiger partial charge in [-0.2, -0.15) is 0 Å². The van der Waals surface area contributed by atoms with Crippen LogP contribution in [-0.2, 0) is 0 Å². The van der Waals surface area contributed by atoms with Crippen LogP contribution < -0.4 is 4.90 Å². The summed E-state index contributed by atoms with van der Waals surface area (Å²) in [6.07, 6.45) is 3.73. The van der Waals surface area contributed by atoms with Crippen LogP contribution in [0.15, 0.2) is 141 Å². The predicted molar refractivity (Wildman–Crippen MR) is 152 cm³/mol. The van der Waals surface area contributed by atoms with Gasteiger partial charge >= 0.3 is 0 Å². The van der Waals surface area contributed by atoms with E-state index in [2.05, 4.69) is 139 Å². The number of rotatable bonds is 7. The minimum atomic E-state index is 1.12. The molecule has 0 amide bonds. The predicted octanol–water partition coefficient (Wildman–Crippen LogP) is 9.78. The molecule has 168 valence electrons. The number of para-hydroxylation sites is 1. The fourth-order valence-corrected chi connectivity index (χ4v) is 4.25. The van der Waals surface area contributed by atoms with E-state index in [-0.39, 0.29) is 0 Å². The molecule has 5 aromatic rings. The van der Waals surface area contributed by atoms with Crippen LogP contribution in [-0.4, -0.2) is 0 Å². The maximum atomic E-state index is 3.84. The first kappa shape index (κ1) is 22.2. The van der Waals surface area contributed by atoms with Gasteiger partial charge < -0.3 is 4.90 Å². The smallest absolute Gasteiger partial charge is 0.0462 e. The van der Waals surface area contributed by atoms with Crippen molar-refractivity contribution in [2.45, 2.75) is 0 Å². The maximum absolute atomic E-state index is 3.84. The quantitative estimate of drug-likeness (QED) is 0.239. The van der Waals surface area contributed by atoms with Gasteiger partial charge in [-0.25, -0.2) is 0 Å². The Labute approximate surface area is 208 Å². The zero-order valence-corrected chi connectivity index (χ0v) is 19.6. The largest absolute Gasteiger partial charge is 0.311 e. The lowest BCUT2D eigenvalue weighted by molar-refractivity contribution is 1.28. The van der Waals surface area contributed by atoms with E-state index >= 15 is 0 Å². The van der Waals surface area contributed by atoms with Crippen LogP contribution in [0, 0.1) is 0 Å². The second kappa shape index (κ2) is 10.1. The Hall–Kier alpha value is -4.62. The van der Waals surface area contributed by atoms with Gasteiger partial charge in [0, 0.05) is 17.1 Å². The third-order valence-electron chi connectivity index (χ3n) is 6.22. The summed E-state index contributed by atoms with van der Waals surface area (Å²) < 4.78 is 0. The van der Waals surface area contributed by atoms with E-state index in [1.54, 1.807) is 0 Å². The Morgan fingerprint density at radius 3 is 1.03 bits per heavy atom. The van der Waals surface area contributed by atoms with Crippen LogP contribution >= 0.6 is 0 Å². The zero-order valence-electron chi connectivity index (χ0n) is 19.6. The molecule has 0 saturated carbocycles. The van der Waals surface area contributed by atoms with Gasteiger partial charge in [0.05, 0.1) is 0 Å². The summed E-state index contributed by atoms with van der Waals surface area (Å²) in [5.41, 5.74) is 10.4. The minimum absolute atomic E-state index is 1.12. The summed E-state index contributed by atoms with van der Waals surface area (Å²) in [5.74, 6) is 0. The Bertz CT molecular complexity index is 1320. The lowest BCUT2D eigenvalue weighted by Crippen LogP contribution is -2.09. The van der Waals surface area contributed by atoms with E-state index in [9.17, 15) is 0 Å². The van der Waals surface area contributed by atoms with E-state index < -0.39 is 0 Å². The number of anilines is 3. The lowest BCUT2D eigenvalue weighted by Gasteiger charge is -2.26. The topological polar surface area (TPSA) is 3.24 Å². The Morgan fingerprint density at radius 1 is 0.371 bits per heavy atom. The first-order valence-electron chi connectivity index (χ1n) is 11.8. The monoisotopic (exact) mass is 449 g/mol. The third kappa shape index (κ3) is 4.85. The molecule has 1 nitrogen and oxygen atoms in total. The maximum Gasteiger partial charge on any atom is 0.0462 e. The summed E-state index contributed by atoms with van der Waals surface area (Å²) in [7, 11) is 0. The molecule has 0 bridgehead atoms. The van der Waals surface area contributed by atoms with Crippen molar-refractivity contribution in [2.24, 2.45) is 0 Å². The Kier molecular flexibility index (Phi) is 6.41. The molecule has 0 N–H and O–H groups in total. The summed E-state index contributed by atoms with van der Waals surface area (Å²) in [5, 5.41) is 0. The zero-order chi connectivity index (χ0) is 24.0. The molecular weight excluding hydrogens is 422 g/mol. The number of benzene rings is 5. The van der Waals surface area contributed by atoms with Gasteiger partial charge in [-0.3, -0.25) is 0 Å². The first-order chi connectivity index (χ1) is 17.2. The highest BCUT2D eigenvalue weighted by molar-refractivity contribution is 5.80. The summed E-state index contributed by atoms with van der Waals surface area (Å²) in [6.45, 7) is 7.68. The molecule has 0 heterocycles. The highest BCUT2D eigenvalue weighted by Gasteiger charge is 2.13. The average molecular weight is 450 g/mol. The number of nitrogens with zero attached hydrogens (tertiary/aromatic N) is 1. The second-order valence-corrected chi connectivity index (χ2v) is 8.42. The van der Waals surface area contributed by atoms with Gasteiger partial charge in [0.1, 0.15) is 0 Å². The molecule has 0 aliphatic rings. The first-order valence-corrected chi connectivity index (χ1v) is 11.8. The van der Waals surface area contributed by atoms with E-state index in [1.807, 2.05) is 18.2 Å². The number of hydrogen-bond acceptors (Lipinski definition) is 1. The van der Waals surface area contributed by atoms with Crippen molar-refractivity contribution in [1.29, 1.82) is 0 Å². The molecule has 0 unspecified atom stereocenters. The molecule has 0 aromatic heterocycles. The average Bonchev–Trinajstić information content (AvgIpc) is 2.95. The van der Waals surface area contributed by atoms with Gasteiger partial charge in [-0.1, -0.05) is 116 Å². The Morgan fingerprint density at radius 2 is 0.686 bits per heavy atom. The molecule has 0 atom stereocenters. The van der Waals surface area contributed by atoms with Crippen LogP contribution in [0.1, 0.15) is 11.1 Å². The highest BCUT2D eigenvalue weighted by atomic mass is 15.1. The standard InChI is InChI=1S/C34H27N/c1-3-26-10-14-28(15-11-26)30-18-22-33(23-19-30)35(32-8-6-5-7-9-32)34-24-20-31(21-25-34)29-16-12-27(4-2)13-17-29/h3-25H,1-2H2. The summed E-state index contributed by atoms with van der Waals surface area (Å²) >= 11 is 0. The molecule has 5 aromatic carbocycles. The highest BCUT2D eigenvalue weighted by Crippen LogP contribution is 2.36. The summed E-state index contributed by atoms with van der Waals surface area (Å²) in [4.78, 5) is 2.29. The lowest BCUT2D eigenvalue weighted by atomic mass is 10.0. The molecular formula is C34H27N. The number of hydrogen-bond donors (Lipinski definition) is 0. The van der Waals surface area contributed by atoms with E-state index in [0.717, 1.165) is 28.2 Å². The van der Waals surface area contributed by atoms with Crippen LogP contribution in [0.3, 0.4) is 0 Å². The van der Waals surface area contributed by atoms with Crippen LogP contribution in [0.4, 0.5) is 17.1 Å². The molecule has 0 spiro atoms. The van der Waals surface area contributed by atoms with E-state index in [0.29, 0.717) is 0 Å². The normalized spacial score (nSPS) is 10.5. The van der Waals surface area contributed by atoms with Crippen molar-refractivity contribution in [2.75, 3.05) is 4.90 Å². The van der Waals surface area contributed by atoms with Gasteiger partial charge in [0.15, 0.2) is 0 Å². The van der Waals surface area contributed by atoms with Crippen LogP contribution in [0.25, 0.3) is 34.4 Å². The molecule has 0 radical (unpaired) electrons. The molecule has 0 aliphatic carbocycles. The summed E-state index contributed by atoms with van der Waals surface area (Å²) in [6, 6.07) is 44.9. The molecule has 0 saturated heterocycles. The van der Waals surface area contributed by atoms with Gasteiger partial charge in [-0.15, -0.1) is 0 Å². The minimum Gasteiger partial charge on any atom is -0.311 e. The van der Waals surface area contributed by atoms with Gasteiger partial charge in [0.25, 0.3) is 0 Å². The van der Waals surface area contributed by atoms with Crippen molar-refractivity contribution >= 4 is 29.2 Å². The fourth-order valence-electron chi connectivity index (χ4n) is 4.25. The molecule has 1 heteroatoms. The van der Waals surface area contributed by atoms with Crippen molar-refractivity contribution in [3.05, 3.63) is 152 Å². The molecule has 0 fully saturated rings. The molecule has 5 rings (SSSR count).